The van der Waals surface area contributed by atoms with Crippen LogP contribution in [0.5, 0.6) is 17.2 Å². The Kier molecular flexibility index (Phi) is 7.88. The van der Waals surface area contributed by atoms with Crippen LogP contribution in [-0.4, -0.2) is 41.5 Å². The molecule has 6 rings (SSSR count). The Balaban J connectivity index is 1.39. The molecular formula is C36H33NO6. The molecule has 1 amide bonds. The normalized spacial score (nSPS) is 18.8. The van der Waals surface area contributed by atoms with Crippen molar-refractivity contribution in [3.05, 3.63) is 130 Å². The fraction of sp³-hybridized carbons (Fsp3) is 0.222. The summed E-state index contributed by atoms with van der Waals surface area (Å²) in [4.78, 5) is 28.7. The maximum atomic E-state index is 13.6. The van der Waals surface area contributed by atoms with Gasteiger partial charge in [-0.2, -0.15) is 0 Å². The van der Waals surface area contributed by atoms with Gasteiger partial charge in [0.25, 0.3) is 11.7 Å². The van der Waals surface area contributed by atoms with E-state index >= 15 is 0 Å². The van der Waals surface area contributed by atoms with E-state index in [0.717, 1.165) is 22.4 Å². The molecule has 0 aromatic heterocycles. The van der Waals surface area contributed by atoms with Gasteiger partial charge in [-0.3, -0.25) is 9.59 Å². The molecule has 43 heavy (non-hydrogen) atoms. The largest absolute Gasteiger partial charge is 0.507 e. The number of nitrogens with zero attached hydrogens (tertiary/aromatic N) is 1. The van der Waals surface area contributed by atoms with Crippen molar-refractivity contribution in [1.82, 2.24) is 4.90 Å². The van der Waals surface area contributed by atoms with Crippen LogP contribution in [0.25, 0.3) is 5.76 Å². The maximum absolute atomic E-state index is 13.6. The fourth-order valence-corrected chi connectivity index (χ4v) is 5.79. The molecule has 0 saturated carbocycles. The monoisotopic (exact) mass is 575 g/mol. The van der Waals surface area contributed by atoms with Crippen molar-refractivity contribution >= 4 is 17.4 Å². The Hall–Kier alpha value is -5.04. The van der Waals surface area contributed by atoms with Crippen molar-refractivity contribution in [3.8, 4) is 17.2 Å². The molecule has 0 aliphatic carbocycles. The number of Topliss-reactive ketones (excluding diaryl/α,β-unsaturated/α-hetero) is 1. The summed E-state index contributed by atoms with van der Waals surface area (Å²) in [5, 5.41) is 11.6. The number of hydrogen-bond acceptors (Lipinski definition) is 6. The summed E-state index contributed by atoms with van der Waals surface area (Å²) in [5.74, 6) is 0.180. The highest BCUT2D eigenvalue weighted by molar-refractivity contribution is 6.46. The summed E-state index contributed by atoms with van der Waals surface area (Å²) >= 11 is 0. The molecule has 0 radical (unpaired) electrons. The zero-order valence-electron chi connectivity index (χ0n) is 24.2. The van der Waals surface area contributed by atoms with Crippen LogP contribution in [0.2, 0.25) is 0 Å². The van der Waals surface area contributed by atoms with E-state index in [4.69, 9.17) is 14.2 Å². The summed E-state index contributed by atoms with van der Waals surface area (Å²) < 4.78 is 17.6. The zero-order chi connectivity index (χ0) is 29.9. The van der Waals surface area contributed by atoms with Crippen molar-refractivity contribution in [3.63, 3.8) is 0 Å². The van der Waals surface area contributed by atoms with Crippen molar-refractivity contribution in [1.29, 1.82) is 0 Å². The number of fused-ring (bicyclic) bond motifs is 1. The molecule has 2 heterocycles. The van der Waals surface area contributed by atoms with Gasteiger partial charge in [0.2, 0.25) is 0 Å². The van der Waals surface area contributed by atoms with Crippen LogP contribution < -0.4 is 14.2 Å². The Bertz CT molecular complexity index is 1680. The fourth-order valence-electron chi connectivity index (χ4n) is 5.79. The second-order valence-electron chi connectivity index (χ2n) is 10.9. The summed E-state index contributed by atoms with van der Waals surface area (Å²) in [6, 6.07) is 29.5. The molecule has 1 fully saturated rings. The zero-order valence-corrected chi connectivity index (χ0v) is 24.2. The molecule has 0 spiro atoms. The van der Waals surface area contributed by atoms with Crippen molar-refractivity contribution in [2.75, 3.05) is 13.7 Å². The third-order valence-electron chi connectivity index (χ3n) is 7.93. The number of methoxy groups -OCH3 is 1. The number of aliphatic hydroxyl groups is 1. The van der Waals surface area contributed by atoms with E-state index in [2.05, 4.69) is 0 Å². The number of ketones is 1. The number of aliphatic hydroxyl groups excluding tert-OH is 1. The van der Waals surface area contributed by atoms with E-state index < -0.39 is 17.7 Å². The lowest BCUT2D eigenvalue weighted by Crippen LogP contribution is -2.31. The van der Waals surface area contributed by atoms with E-state index in [-0.39, 0.29) is 17.4 Å². The lowest BCUT2D eigenvalue weighted by molar-refractivity contribution is -0.139. The topological polar surface area (TPSA) is 85.3 Å². The third-order valence-corrected chi connectivity index (χ3v) is 7.93. The summed E-state index contributed by atoms with van der Waals surface area (Å²) in [6.45, 7) is 2.63. The van der Waals surface area contributed by atoms with Crippen LogP contribution in [0.1, 0.15) is 40.8 Å². The molecule has 218 valence electrons. The quantitative estimate of drug-likeness (QED) is 0.144. The molecule has 0 bridgehead atoms. The van der Waals surface area contributed by atoms with Gasteiger partial charge in [0.1, 0.15) is 24.2 Å². The summed E-state index contributed by atoms with van der Waals surface area (Å²) in [5.41, 5.74) is 4.15. The summed E-state index contributed by atoms with van der Waals surface area (Å²) in [6.07, 6.45) is 1.28. The van der Waals surface area contributed by atoms with Gasteiger partial charge in [-0.25, -0.2) is 0 Å². The van der Waals surface area contributed by atoms with Gasteiger partial charge in [0.15, 0.2) is 11.5 Å². The van der Waals surface area contributed by atoms with Gasteiger partial charge >= 0.3 is 0 Å². The first-order chi connectivity index (χ1) is 20.9. The molecule has 4 aromatic carbocycles. The molecule has 4 aromatic rings. The molecule has 1 N–H and O–H groups in total. The van der Waals surface area contributed by atoms with Gasteiger partial charge in [0.05, 0.1) is 18.7 Å². The number of carbonyl (C=O) groups excluding carboxylic acids is 2. The van der Waals surface area contributed by atoms with Crippen molar-refractivity contribution in [2.24, 2.45) is 0 Å². The number of rotatable bonds is 9. The number of ether oxygens (including phenoxy) is 3. The second-order valence-corrected chi connectivity index (χ2v) is 10.9. The smallest absolute Gasteiger partial charge is 0.295 e. The minimum absolute atomic E-state index is 0.0334. The average molecular weight is 576 g/mol. The van der Waals surface area contributed by atoms with Gasteiger partial charge < -0.3 is 24.2 Å². The summed E-state index contributed by atoms with van der Waals surface area (Å²) in [7, 11) is 1.55. The molecule has 2 aliphatic heterocycles. The van der Waals surface area contributed by atoms with Crippen molar-refractivity contribution in [2.45, 2.75) is 38.5 Å². The van der Waals surface area contributed by atoms with Gasteiger partial charge in [-0.15, -0.1) is 0 Å². The van der Waals surface area contributed by atoms with Crippen molar-refractivity contribution < 1.29 is 28.9 Å². The molecule has 7 heteroatoms. The van der Waals surface area contributed by atoms with Crippen LogP contribution in [0.3, 0.4) is 0 Å². The average Bonchev–Trinajstić information content (AvgIpc) is 3.54. The number of benzene rings is 4. The van der Waals surface area contributed by atoms with E-state index in [0.29, 0.717) is 48.6 Å². The molecule has 2 aliphatic rings. The Morgan fingerprint density at radius 2 is 1.63 bits per heavy atom. The number of likely N-dealkylation sites (tertiary alicyclic amines) is 1. The van der Waals surface area contributed by atoms with Gasteiger partial charge in [0, 0.05) is 18.5 Å². The molecule has 7 nitrogen and oxygen atoms in total. The van der Waals surface area contributed by atoms with Crippen LogP contribution in [0.15, 0.2) is 103 Å². The highest BCUT2D eigenvalue weighted by Crippen LogP contribution is 2.43. The number of amides is 1. The van der Waals surface area contributed by atoms with Crippen LogP contribution in [0, 0.1) is 0 Å². The van der Waals surface area contributed by atoms with Crippen LogP contribution >= 0.6 is 0 Å². The first-order valence-corrected chi connectivity index (χ1v) is 14.4. The first kappa shape index (κ1) is 28.1. The second kappa shape index (κ2) is 12.1. The van der Waals surface area contributed by atoms with Crippen LogP contribution in [0.4, 0.5) is 0 Å². The van der Waals surface area contributed by atoms with Crippen LogP contribution in [-0.2, 0) is 29.0 Å². The predicted molar refractivity (Wildman–Crippen MR) is 163 cm³/mol. The molecule has 2 atom stereocenters. The SMILES string of the molecule is COc1cc([C@@H]2C(=C(O)c3ccc4c(c3)C[C@@H](C)O4)C(=O)C(=O)N2CCc2ccccc2)ccc1OCc1ccccc1. The minimum Gasteiger partial charge on any atom is -0.507 e. The van der Waals surface area contributed by atoms with E-state index in [1.165, 1.54) is 0 Å². The lowest BCUT2D eigenvalue weighted by Gasteiger charge is -2.26. The van der Waals surface area contributed by atoms with Gasteiger partial charge in [-0.1, -0.05) is 66.7 Å². The van der Waals surface area contributed by atoms with E-state index in [9.17, 15) is 14.7 Å². The minimum atomic E-state index is -0.816. The predicted octanol–water partition coefficient (Wildman–Crippen LogP) is 6.26. The number of carbonyl (C=O) groups is 2. The highest BCUT2D eigenvalue weighted by Gasteiger charge is 2.46. The van der Waals surface area contributed by atoms with E-state index in [1.54, 1.807) is 36.3 Å². The Morgan fingerprint density at radius 1 is 0.907 bits per heavy atom. The number of hydrogen-bond donors (Lipinski definition) is 1. The lowest BCUT2D eigenvalue weighted by atomic mass is 9.94. The molecular weight excluding hydrogens is 542 g/mol. The first-order valence-electron chi connectivity index (χ1n) is 14.4. The van der Waals surface area contributed by atoms with Gasteiger partial charge in [-0.05, 0) is 65.9 Å². The van der Waals surface area contributed by atoms with E-state index in [1.807, 2.05) is 79.7 Å². The highest BCUT2D eigenvalue weighted by atomic mass is 16.5. The standard InChI is InChI=1S/C36H33NO6/c1-23-19-28-20-27(14-15-29(28)43-23)34(38)32-33(37(36(40)35(32)39)18-17-24-9-5-3-6-10-24)26-13-16-30(31(21-26)41-2)42-22-25-11-7-4-8-12-25/h3-16,20-21,23,33,38H,17-19,22H2,1-2H3/t23-,33-/m1/s1. The maximum Gasteiger partial charge on any atom is 0.295 e. The molecule has 1 saturated heterocycles. The molecule has 0 unspecified atom stereocenters. The Labute approximate surface area is 250 Å². The third kappa shape index (κ3) is 5.71. The Morgan fingerprint density at radius 3 is 2.35 bits per heavy atom.